The van der Waals surface area contributed by atoms with Gasteiger partial charge < -0.3 is 15.5 Å². The predicted octanol–water partition coefficient (Wildman–Crippen LogP) is 1.17. The van der Waals surface area contributed by atoms with Crippen LogP contribution in [0.2, 0.25) is 0 Å². The van der Waals surface area contributed by atoms with Crippen molar-refractivity contribution in [3.8, 4) is 0 Å². The van der Waals surface area contributed by atoms with Crippen molar-refractivity contribution < 1.29 is 9.21 Å². The molecule has 0 aliphatic heterocycles. The highest BCUT2D eigenvalue weighted by Gasteiger charge is 2.14. The Bertz CT molecular complexity index is 537. The fraction of sp³-hybridized carbons (Fsp3) is 0.286. The maximum Gasteiger partial charge on any atom is 0.237 e. The van der Waals surface area contributed by atoms with E-state index in [-0.39, 0.29) is 12.5 Å². The van der Waals surface area contributed by atoms with E-state index in [0.29, 0.717) is 12.3 Å². The van der Waals surface area contributed by atoms with Gasteiger partial charge in [0, 0.05) is 0 Å². The van der Waals surface area contributed by atoms with Crippen molar-refractivity contribution in [3.05, 3.63) is 53.7 Å². The number of nitrogens with one attached hydrogen (secondary N) is 1. The lowest BCUT2D eigenvalue weighted by Gasteiger charge is -2.11. The molecule has 1 heterocycles. The molecule has 0 saturated carbocycles. The molecule has 0 radical (unpaired) electrons. The summed E-state index contributed by atoms with van der Waals surface area (Å²) < 4.78 is 5.27. The predicted molar refractivity (Wildman–Crippen MR) is 71.2 cm³/mol. The lowest BCUT2D eigenvalue weighted by Crippen LogP contribution is -2.41. The summed E-state index contributed by atoms with van der Waals surface area (Å²) in [7, 11) is 0. The Morgan fingerprint density at radius 1 is 1.42 bits per heavy atom. The second-order valence-corrected chi connectivity index (χ2v) is 4.38. The lowest BCUT2D eigenvalue weighted by atomic mass is 10.1. The topological polar surface area (TPSA) is 81.2 Å². The van der Waals surface area contributed by atoms with E-state index in [2.05, 4.69) is 10.3 Å². The minimum atomic E-state index is -0.571. The van der Waals surface area contributed by atoms with Crippen molar-refractivity contribution >= 4 is 5.91 Å². The van der Waals surface area contributed by atoms with Gasteiger partial charge in [0.15, 0.2) is 0 Å². The highest BCUT2D eigenvalue weighted by Crippen LogP contribution is 2.03. The van der Waals surface area contributed by atoms with Crippen LogP contribution in [0.15, 0.2) is 40.9 Å². The highest BCUT2D eigenvalue weighted by molar-refractivity contribution is 5.81. The van der Waals surface area contributed by atoms with E-state index in [9.17, 15) is 4.79 Å². The first-order valence-electron chi connectivity index (χ1n) is 6.13. The zero-order valence-corrected chi connectivity index (χ0v) is 10.8. The van der Waals surface area contributed by atoms with Crippen molar-refractivity contribution in [3.63, 3.8) is 0 Å². The first kappa shape index (κ1) is 13.3. The monoisotopic (exact) mass is 259 g/mol. The Kier molecular flexibility index (Phi) is 4.30. The van der Waals surface area contributed by atoms with Crippen LogP contribution in [0.3, 0.4) is 0 Å². The summed E-state index contributed by atoms with van der Waals surface area (Å²) in [6.07, 6.45) is 2.13. The Morgan fingerprint density at radius 2 is 2.16 bits per heavy atom. The Hall–Kier alpha value is -2.14. The van der Waals surface area contributed by atoms with Crippen molar-refractivity contribution in [1.29, 1.82) is 0 Å². The molecule has 3 N–H and O–H groups in total. The van der Waals surface area contributed by atoms with Gasteiger partial charge >= 0.3 is 0 Å². The number of hydrogen-bond acceptors (Lipinski definition) is 4. The number of benzene rings is 1. The third-order valence-electron chi connectivity index (χ3n) is 2.72. The number of carbonyl (C=O) groups is 1. The van der Waals surface area contributed by atoms with Gasteiger partial charge in [0.1, 0.15) is 5.76 Å². The molecular formula is C14H17N3O2. The second kappa shape index (κ2) is 6.15. The normalized spacial score (nSPS) is 12.1. The summed E-state index contributed by atoms with van der Waals surface area (Å²) in [5.41, 5.74) is 6.89. The SMILES string of the molecule is Cc1cnc(CNC(=O)[C@@H](N)Cc2ccccc2)o1. The largest absolute Gasteiger partial charge is 0.444 e. The first-order chi connectivity index (χ1) is 9.15. The molecule has 0 unspecified atom stereocenters. The number of nitrogens with two attached hydrogens (primary N) is 1. The molecule has 2 rings (SSSR count). The highest BCUT2D eigenvalue weighted by atomic mass is 16.4. The Morgan fingerprint density at radius 3 is 2.79 bits per heavy atom. The standard InChI is InChI=1S/C14H17N3O2/c1-10-8-16-13(19-10)9-17-14(18)12(15)7-11-5-3-2-4-6-11/h2-6,8,12H,7,9,15H2,1H3,(H,17,18)/t12-/m0/s1. The smallest absolute Gasteiger partial charge is 0.237 e. The van der Waals surface area contributed by atoms with Crippen LogP contribution in [0.4, 0.5) is 0 Å². The van der Waals surface area contributed by atoms with Crippen LogP contribution >= 0.6 is 0 Å². The van der Waals surface area contributed by atoms with Crippen LogP contribution < -0.4 is 11.1 Å². The van der Waals surface area contributed by atoms with Crippen LogP contribution in [-0.4, -0.2) is 16.9 Å². The number of aryl methyl sites for hydroxylation is 1. The van der Waals surface area contributed by atoms with Crippen LogP contribution in [0, 0.1) is 6.92 Å². The fourth-order valence-corrected chi connectivity index (χ4v) is 1.74. The van der Waals surface area contributed by atoms with Gasteiger partial charge in [-0.25, -0.2) is 4.98 Å². The van der Waals surface area contributed by atoms with Crippen molar-refractivity contribution in [1.82, 2.24) is 10.3 Å². The average molecular weight is 259 g/mol. The molecule has 19 heavy (non-hydrogen) atoms. The molecule has 1 amide bonds. The van der Waals surface area contributed by atoms with Gasteiger partial charge in [-0.2, -0.15) is 0 Å². The molecule has 0 saturated heterocycles. The van der Waals surface area contributed by atoms with E-state index >= 15 is 0 Å². The minimum absolute atomic E-state index is 0.209. The lowest BCUT2D eigenvalue weighted by molar-refractivity contribution is -0.122. The molecular weight excluding hydrogens is 242 g/mol. The summed E-state index contributed by atoms with van der Waals surface area (Å²) in [4.78, 5) is 15.8. The maximum atomic E-state index is 11.8. The third kappa shape index (κ3) is 3.93. The summed E-state index contributed by atoms with van der Waals surface area (Å²) in [5, 5.41) is 2.71. The number of rotatable bonds is 5. The van der Waals surface area contributed by atoms with E-state index in [1.54, 1.807) is 13.1 Å². The molecule has 0 spiro atoms. The molecule has 0 fully saturated rings. The van der Waals surface area contributed by atoms with Gasteiger partial charge in [-0.15, -0.1) is 0 Å². The minimum Gasteiger partial charge on any atom is -0.444 e. The molecule has 5 nitrogen and oxygen atoms in total. The number of nitrogens with zero attached hydrogens (tertiary/aromatic N) is 1. The van der Waals surface area contributed by atoms with Gasteiger partial charge in [-0.3, -0.25) is 4.79 Å². The number of oxazole rings is 1. The average Bonchev–Trinajstić information content (AvgIpc) is 2.83. The molecule has 0 aliphatic carbocycles. The molecule has 0 aliphatic rings. The number of amides is 1. The van der Waals surface area contributed by atoms with Crippen LogP contribution in [0.25, 0.3) is 0 Å². The van der Waals surface area contributed by atoms with Crippen LogP contribution in [0.5, 0.6) is 0 Å². The number of carbonyl (C=O) groups excluding carboxylic acids is 1. The van der Waals surface area contributed by atoms with Crippen molar-refractivity contribution in [2.24, 2.45) is 5.73 Å². The zero-order chi connectivity index (χ0) is 13.7. The molecule has 1 atom stereocenters. The van der Waals surface area contributed by atoms with E-state index in [0.717, 1.165) is 11.3 Å². The third-order valence-corrected chi connectivity index (χ3v) is 2.72. The van der Waals surface area contributed by atoms with Crippen molar-refractivity contribution in [2.45, 2.75) is 25.9 Å². The maximum absolute atomic E-state index is 11.8. The number of hydrogen-bond donors (Lipinski definition) is 2. The molecule has 0 bridgehead atoms. The molecule has 1 aromatic carbocycles. The summed E-state index contributed by atoms with van der Waals surface area (Å²) in [5.74, 6) is 0.996. The first-order valence-corrected chi connectivity index (χ1v) is 6.13. The van der Waals surface area contributed by atoms with E-state index in [4.69, 9.17) is 10.2 Å². The van der Waals surface area contributed by atoms with Gasteiger partial charge in [0.2, 0.25) is 11.8 Å². The van der Waals surface area contributed by atoms with Gasteiger partial charge in [0.05, 0.1) is 18.8 Å². The van der Waals surface area contributed by atoms with E-state index < -0.39 is 6.04 Å². The molecule has 2 aromatic rings. The van der Waals surface area contributed by atoms with Crippen LogP contribution in [-0.2, 0) is 17.8 Å². The summed E-state index contributed by atoms with van der Waals surface area (Å²) in [6, 6.07) is 9.11. The molecule has 1 aromatic heterocycles. The Labute approximate surface area is 111 Å². The zero-order valence-electron chi connectivity index (χ0n) is 10.8. The molecule has 100 valence electrons. The van der Waals surface area contributed by atoms with Gasteiger partial charge in [-0.1, -0.05) is 30.3 Å². The van der Waals surface area contributed by atoms with Crippen molar-refractivity contribution in [2.75, 3.05) is 0 Å². The molecule has 5 heteroatoms. The van der Waals surface area contributed by atoms with Gasteiger partial charge in [-0.05, 0) is 18.9 Å². The summed E-state index contributed by atoms with van der Waals surface area (Å²) in [6.45, 7) is 2.06. The van der Waals surface area contributed by atoms with E-state index in [1.165, 1.54) is 0 Å². The quantitative estimate of drug-likeness (QED) is 0.844. The summed E-state index contributed by atoms with van der Waals surface area (Å²) >= 11 is 0. The Balaban J connectivity index is 1.82. The fourth-order valence-electron chi connectivity index (χ4n) is 1.74. The van der Waals surface area contributed by atoms with Crippen LogP contribution in [0.1, 0.15) is 17.2 Å². The second-order valence-electron chi connectivity index (χ2n) is 4.38. The van der Waals surface area contributed by atoms with E-state index in [1.807, 2.05) is 30.3 Å². The number of aromatic nitrogens is 1. The van der Waals surface area contributed by atoms with Gasteiger partial charge in [0.25, 0.3) is 0 Å².